The van der Waals surface area contributed by atoms with Gasteiger partial charge in [-0.1, -0.05) is 26.7 Å². The lowest BCUT2D eigenvalue weighted by Gasteiger charge is -2.26. The Morgan fingerprint density at radius 2 is 1.90 bits per heavy atom. The Hall–Kier alpha value is -1.11. The second kappa shape index (κ2) is 8.36. The van der Waals surface area contributed by atoms with Gasteiger partial charge in [-0.05, 0) is 20.0 Å². The van der Waals surface area contributed by atoms with Crippen molar-refractivity contribution in [2.45, 2.75) is 45.4 Å². The van der Waals surface area contributed by atoms with E-state index in [4.69, 9.17) is 4.74 Å². The molecule has 0 amide bonds. The summed E-state index contributed by atoms with van der Waals surface area (Å²) in [6, 6.07) is 0. The molecule has 2 unspecified atom stereocenters. The topological polar surface area (TPSA) is 70.7 Å². The number of methoxy groups -OCH3 is 1. The quantitative estimate of drug-likeness (QED) is 0.719. The Kier molecular flexibility index (Phi) is 7.14. The lowest BCUT2D eigenvalue weighted by molar-refractivity contribution is -0.0263. The van der Waals surface area contributed by atoms with Crippen LogP contribution < -0.4 is 4.74 Å². The lowest BCUT2D eigenvalue weighted by Crippen LogP contribution is -2.30. The minimum absolute atomic E-state index is 0.0573. The molecule has 1 heterocycles. The molecule has 0 radical (unpaired) electrons. The van der Waals surface area contributed by atoms with Gasteiger partial charge in [-0.25, -0.2) is 0 Å². The molecular weight excluding hydrogens is 270 g/mol. The SMILES string of the molecule is CCC(CC)C(O)C(O)c1c(OC)cnn1CCN(C)C. The van der Waals surface area contributed by atoms with Crippen molar-refractivity contribution in [2.24, 2.45) is 5.92 Å². The molecule has 0 saturated heterocycles. The number of aliphatic hydroxyl groups excluding tert-OH is 2. The molecule has 6 heteroatoms. The normalized spacial score (nSPS) is 14.7. The first-order chi connectivity index (χ1) is 9.96. The van der Waals surface area contributed by atoms with E-state index in [0.29, 0.717) is 18.0 Å². The maximum atomic E-state index is 10.6. The highest BCUT2D eigenvalue weighted by atomic mass is 16.5. The van der Waals surface area contributed by atoms with Crippen molar-refractivity contribution in [2.75, 3.05) is 27.7 Å². The molecule has 0 aliphatic rings. The number of nitrogens with zero attached hydrogens (tertiary/aromatic N) is 3. The first-order valence-corrected chi connectivity index (χ1v) is 7.56. The van der Waals surface area contributed by atoms with Gasteiger partial charge in [0.25, 0.3) is 0 Å². The summed E-state index contributed by atoms with van der Waals surface area (Å²) < 4.78 is 7.00. The first kappa shape index (κ1) is 17.9. The van der Waals surface area contributed by atoms with Gasteiger partial charge >= 0.3 is 0 Å². The van der Waals surface area contributed by atoms with Crippen LogP contribution >= 0.6 is 0 Å². The molecular formula is C15H29N3O3. The van der Waals surface area contributed by atoms with Crippen molar-refractivity contribution in [3.05, 3.63) is 11.9 Å². The molecule has 1 rings (SSSR count). The standard InChI is InChI=1S/C15H29N3O3/c1-6-11(7-2)14(19)15(20)13-12(21-5)10-16-18(13)9-8-17(3)4/h10-11,14-15,19-20H,6-9H2,1-5H3. The number of aromatic nitrogens is 2. The second-order valence-electron chi connectivity index (χ2n) is 5.64. The van der Waals surface area contributed by atoms with Crippen LogP contribution in [0.2, 0.25) is 0 Å². The molecule has 0 aromatic carbocycles. The molecule has 2 atom stereocenters. The fraction of sp³-hybridized carbons (Fsp3) is 0.800. The van der Waals surface area contributed by atoms with Gasteiger partial charge in [0.2, 0.25) is 0 Å². The predicted octanol–water partition coefficient (Wildman–Crippen LogP) is 1.28. The molecule has 6 nitrogen and oxygen atoms in total. The van der Waals surface area contributed by atoms with Gasteiger partial charge in [0.05, 0.1) is 26.0 Å². The van der Waals surface area contributed by atoms with Crippen LogP contribution in [0.5, 0.6) is 5.75 Å². The Bertz CT molecular complexity index is 416. The van der Waals surface area contributed by atoms with Crippen LogP contribution in [0.3, 0.4) is 0 Å². The van der Waals surface area contributed by atoms with Gasteiger partial charge in [0.15, 0.2) is 5.75 Å². The van der Waals surface area contributed by atoms with E-state index in [1.807, 2.05) is 32.8 Å². The fourth-order valence-corrected chi connectivity index (χ4v) is 2.50. The summed E-state index contributed by atoms with van der Waals surface area (Å²) in [7, 11) is 5.51. The number of rotatable bonds is 9. The summed E-state index contributed by atoms with van der Waals surface area (Å²) >= 11 is 0. The lowest BCUT2D eigenvalue weighted by atomic mass is 9.91. The summed E-state index contributed by atoms with van der Waals surface area (Å²) in [4.78, 5) is 2.04. The molecule has 0 saturated carbocycles. The molecule has 1 aromatic heterocycles. The van der Waals surface area contributed by atoms with E-state index in [2.05, 4.69) is 5.10 Å². The van der Waals surface area contributed by atoms with E-state index in [-0.39, 0.29) is 5.92 Å². The zero-order chi connectivity index (χ0) is 16.0. The molecule has 0 aliphatic carbocycles. The Balaban J connectivity index is 2.99. The van der Waals surface area contributed by atoms with Crippen LogP contribution in [0.15, 0.2) is 6.20 Å². The summed E-state index contributed by atoms with van der Waals surface area (Å²) in [5.41, 5.74) is 0.554. The van der Waals surface area contributed by atoms with Crippen LogP contribution in [0.25, 0.3) is 0 Å². The maximum absolute atomic E-state index is 10.6. The minimum Gasteiger partial charge on any atom is -0.493 e. The van der Waals surface area contributed by atoms with Crippen molar-refractivity contribution in [3.63, 3.8) is 0 Å². The number of ether oxygens (including phenoxy) is 1. The summed E-state index contributed by atoms with van der Waals surface area (Å²) in [5.74, 6) is 0.577. The Morgan fingerprint density at radius 3 is 2.38 bits per heavy atom. The number of aliphatic hydroxyl groups is 2. The van der Waals surface area contributed by atoms with Crippen LogP contribution in [0.4, 0.5) is 0 Å². The van der Waals surface area contributed by atoms with Crippen LogP contribution in [-0.2, 0) is 6.54 Å². The largest absolute Gasteiger partial charge is 0.493 e. The van der Waals surface area contributed by atoms with Gasteiger partial charge in [0.1, 0.15) is 11.8 Å². The van der Waals surface area contributed by atoms with Crippen molar-refractivity contribution >= 4 is 0 Å². The van der Waals surface area contributed by atoms with E-state index in [1.165, 1.54) is 0 Å². The minimum atomic E-state index is -0.991. The van der Waals surface area contributed by atoms with E-state index in [1.54, 1.807) is 18.0 Å². The predicted molar refractivity (Wildman–Crippen MR) is 82.4 cm³/mol. The second-order valence-corrected chi connectivity index (χ2v) is 5.64. The Labute approximate surface area is 127 Å². The fourth-order valence-electron chi connectivity index (χ4n) is 2.50. The smallest absolute Gasteiger partial charge is 0.162 e. The highest BCUT2D eigenvalue weighted by Crippen LogP contribution is 2.31. The zero-order valence-electron chi connectivity index (χ0n) is 13.8. The monoisotopic (exact) mass is 299 g/mol. The molecule has 0 aliphatic heterocycles. The van der Waals surface area contributed by atoms with Gasteiger partial charge in [0, 0.05) is 6.54 Å². The molecule has 1 aromatic rings. The summed E-state index contributed by atoms with van der Waals surface area (Å²) in [5, 5.41) is 25.2. The van der Waals surface area contributed by atoms with Crippen molar-refractivity contribution in [1.82, 2.24) is 14.7 Å². The van der Waals surface area contributed by atoms with Crippen LogP contribution in [-0.4, -0.2) is 58.7 Å². The highest BCUT2D eigenvalue weighted by molar-refractivity contribution is 5.28. The highest BCUT2D eigenvalue weighted by Gasteiger charge is 2.30. The third kappa shape index (κ3) is 4.43. The van der Waals surface area contributed by atoms with Crippen LogP contribution in [0.1, 0.15) is 38.5 Å². The van der Waals surface area contributed by atoms with Gasteiger partial charge in [-0.3, -0.25) is 4.68 Å². The average molecular weight is 299 g/mol. The van der Waals surface area contributed by atoms with Crippen LogP contribution in [0, 0.1) is 5.92 Å². The zero-order valence-corrected chi connectivity index (χ0v) is 13.8. The van der Waals surface area contributed by atoms with Gasteiger partial charge < -0.3 is 19.8 Å². The number of likely N-dealkylation sites (N-methyl/N-ethyl adjacent to an activating group) is 1. The van der Waals surface area contributed by atoms with E-state index in [9.17, 15) is 10.2 Å². The summed E-state index contributed by atoms with van der Waals surface area (Å²) in [6.45, 7) is 5.47. The average Bonchev–Trinajstić information content (AvgIpc) is 2.88. The van der Waals surface area contributed by atoms with Gasteiger partial charge in [-0.2, -0.15) is 5.10 Å². The molecule has 122 valence electrons. The first-order valence-electron chi connectivity index (χ1n) is 7.56. The van der Waals surface area contributed by atoms with Crippen molar-refractivity contribution < 1.29 is 14.9 Å². The molecule has 0 bridgehead atoms. The molecule has 21 heavy (non-hydrogen) atoms. The molecule has 0 fully saturated rings. The van der Waals surface area contributed by atoms with E-state index >= 15 is 0 Å². The number of hydrogen-bond donors (Lipinski definition) is 2. The third-order valence-electron chi connectivity index (χ3n) is 3.96. The van der Waals surface area contributed by atoms with Gasteiger partial charge in [-0.15, -0.1) is 0 Å². The number of hydrogen-bond acceptors (Lipinski definition) is 5. The third-order valence-corrected chi connectivity index (χ3v) is 3.96. The summed E-state index contributed by atoms with van der Waals surface area (Å²) in [6.07, 6.45) is 1.43. The molecule has 0 spiro atoms. The van der Waals surface area contributed by atoms with Crippen molar-refractivity contribution in [3.8, 4) is 5.75 Å². The van der Waals surface area contributed by atoms with E-state index < -0.39 is 12.2 Å². The molecule has 2 N–H and O–H groups in total. The Morgan fingerprint density at radius 1 is 1.29 bits per heavy atom. The maximum Gasteiger partial charge on any atom is 0.162 e. The van der Waals surface area contributed by atoms with E-state index in [0.717, 1.165) is 19.4 Å². The van der Waals surface area contributed by atoms with Crippen molar-refractivity contribution in [1.29, 1.82) is 0 Å².